The highest BCUT2D eigenvalue weighted by Gasteiger charge is 2.20. The lowest BCUT2D eigenvalue weighted by Gasteiger charge is -2.20. The molecule has 0 aliphatic carbocycles. The molecule has 1 aromatic heterocycles. The Bertz CT molecular complexity index is 453. The van der Waals surface area contributed by atoms with Crippen LogP contribution in [-0.4, -0.2) is 45.6 Å². The molecule has 1 rings (SSSR count). The number of anilines is 1. The maximum atomic E-state index is 11.5. The number of nitrogens with zero attached hydrogens (tertiary/aromatic N) is 1. The van der Waals surface area contributed by atoms with Crippen LogP contribution in [0.5, 0.6) is 0 Å². The Morgan fingerprint density at radius 2 is 1.96 bits per heavy atom. The number of nitrogens with one attached hydrogen (secondary N) is 3. The average Bonchev–Trinajstić information content (AvgIpc) is 2.96. The third-order valence-electron chi connectivity index (χ3n) is 2.40. The standard InChI is InChI=1S/C11H18N4O4.C4H10/c1-11(2,3)19-10(18)12-6-7(16)9(17)14-8-4-5-13-15-8;1-3-4-2/h4-5,7,16H,6H2,1-3H3,(H,12,18)(H2,13,14,15,17);3-4H2,1-2H3. The Kier molecular flexibility index (Phi) is 9.64. The molecule has 1 unspecified atom stereocenters. The van der Waals surface area contributed by atoms with E-state index in [0.717, 1.165) is 0 Å². The maximum absolute atomic E-state index is 11.5. The zero-order chi connectivity index (χ0) is 17.9. The summed E-state index contributed by atoms with van der Waals surface area (Å²) in [5.74, 6) is -0.290. The largest absolute Gasteiger partial charge is 0.444 e. The molecule has 0 aliphatic heterocycles. The minimum atomic E-state index is -1.38. The number of unbranched alkanes of at least 4 members (excludes halogenated alkanes) is 1. The lowest BCUT2D eigenvalue weighted by Crippen LogP contribution is -2.41. The van der Waals surface area contributed by atoms with Crippen molar-refractivity contribution in [2.45, 2.75) is 59.2 Å². The van der Waals surface area contributed by atoms with Crippen LogP contribution >= 0.6 is 0 Å². The first kappa shape index (κ1) is 20.9. The topological polar surface area (TPSA) is 116 Å². The van der Waals surface area contributed by atoms with E-state index in [0.29, 0.717) is 5.82 Å². The van der Waals surface area contributed by atoms with Gasteiger partial charge in [-0.3, -0.25) is 9.89 Å². The molecule has 8 nitrogen and oxygen atoms in total. The average molecular weight is 328 g/mol. The molecular formula is C15H28N4O4. The van der Waals surface area contributed by atoms with E-state index in [1.54, 1.807) is 20.8 Å². The molecule has 0 bridgehead atoms. The van der Waals surface area contributed by atoms with Crippen LogP contribution in [0.4, 0.5) is 10.6 Å². The number of aliphatic hydroxyl groups excluding tert-OH is 1. The first-order valence-electron chi connectivity index (χ1n) is 7.64. The van der Waals surface area contributed by atoms with Crippen molar-refractivity contribution < 1.29 is 19.4 Å². The summed E-state index contributed by atoms with van der Waals surface area (Å²) < 4.78 is 4.96. The molecule has 4 N–H and O–H groups in total. The van der Waals surface area contributed by atoms with Crippen molar-refractivity contribution in [3.63, 3.8) is 0 Å². The zero-order valence-electron chi connectivity index (χ0n) is 14.5. The van der Waals surface area contributed by atoms with Crippen LogP contribution in [0.3, 0.4) is 0 Å². The molecule has 132 valence electrons. The van der Waals surface area contributed by atoms with E-state index < -0.39 is 23.7 Å². The third-order valence-corrected chi connectivity index (χ3v) is 2.40. The summed E-state index contributed by atoms with van der Waals surface area (Å²) in [7, 11) is 0. The van der Waals surface area contributed by atoms with Crippen LogP contribution in [0.25, 0.3) is 0 Å². The summed E-state index contributed by atoms with van der Waals surface area (Å²) in [4.78, 5) is 22.8. The fourth-order valence-electron chi connectivity index (χ4n) is 1.13. The van der Waals surface area contributed by atoms with E-state index in [9.17, 15) is 14.7 Å². The van der Waals surface area contributed by atoms with Gasteiger partial charge in [0, 0.05) is 6.07 Å². The number of hydrogen-bond donors (Lipinski definition) is 4. The maximum Gasteiger partial charge on any atom is 0.407 e. The summed E-state index contributed by atoms with van der Waals surface area (Å²) in [6, 6.07) is 1.53. The van der Waals surface area contributed by atoms with Crippen molar-refractivity contribution in [2.75, 3.05) is 11.9 Å². The molecule has 1 heterocycles. The Balaban J connectivity index is 0.00000108. The second-order valence-electron chi connectivity index (χ2n) is 5.86. The Labute approximate surface area is 137 Å². The van der Waals surface area contributed by atoms with E-state index in [1.165, 1.54) is 25.1 Å². The quantitative estimate of drug-likeness (QED) is 0.660. The number of aromatic amines is 1. The van der Waals surface area contributed by atoms with Gasteiger partial charge in [0.1, 0.15) is 11.4 Å². The van der Waals surface area contributed by atoms with Gasteiger partial charge in [-0.05, 0) is 20.8 Å². The van der Waals surface area contributed by atoms with Crippen LogP contribution in [0.1, 0.15) is 47.5 Å². The normalized spacial score (nSPS) is 11.7. The summed E-state index contributed by atoms with van der Waals surface area (Å²) in [5, 5.41) is 20.4. The molecule has 8 heteroatoms. The fraction of sp³-hybridized carbons (Fsp3) is 0.667. The molecule has 0 spiro atoms. The SMILES string of the molecule is CC(C)(C)OC(=O)NCC(O)C(=O)Nc1ccn[nH]1.CCCC. The van der Waals surface area contributed by atoms with Gasteiger partial charge in [0.2, 0.25) is 0 Å². The number of carbonyl (C=O) groups excluding carboxylic acids is 2. The van der Waals surface area contributed by atoms with Crippen molar-refractivity contribution in [1.82, 2.24) is 15.5 Å². The molecule has 0 aromatic carbocycles. The lowest BCUT2D eigenvalue weighted by atomic mass is 10.2. The van der Waals surface area contributed by atoms with Gasteiger partial charge in [0.05, 0.1) is 12.7 Å². The van der Waals surface area contributed by atoms with Crippen molar-refractivity contribution in [3.05, 3.63) is 12.3 Å². The number of H-pyrrole nitrogens is 1. The molecular weight excluding hydrogens is 300 g/mol. The van der Waals surface area contributed by atoms with Gasteiger partial charge in [-0.2, -0.15) is 5.10 Å². The highest BCUT2D eigenvalue weighted by molar-refractivity contribution is 5.93. The Morgan fingerprint density at radius 3 is 2.39 bits per heavy atom. The Hall–Kier alpha value is -2.09. The third kappa shape index (κ3) is 11.2. The summed E-state index contributed by atoms with van der Waals surface area (Å²) >= 11 is 0. The number of aliphatic hydroxyl groups is 1. The van der Waals surface area contributed by atoms with Crippen LogP contribution in [0, 0.1) is 0 Å². The first-order valence-corrected chi connectivity index (χ1v) is 7.64. The zero-order valence-corrected chi connectivity index (χ0v) is 14.5. The number of ether oxygens (including phenoxy) is 1. The number of amides is 2. The molecule has 0 fully saturated rings. The predicted molar refractivity (Wildman–Crippen MR) is 88.0 cm³/mol. The van der Waals surface area contributed by atoms with Crippen molar-refractivity contribution >= 4 is 17.8 Å². The van der Waals surface area contributed by atoms with Gasteiger partial charge in [-0.25, -0.2) is 4.79 Å². The van der Waals surface area contributed by atoms with Gasteiger partial charge in [-0.1, -0.05) is 26.7 Å². The molecule has 0 radical (unpaired) electrons. The number of alkyl carbamates (subject to hydrolysis) is 1. The van der Waals surface area contributed by atoms with Gasteiger partial charge in [-0.15, -0.1) is 0 Å². The summed E-state index contributed by atoms with van der Waals surface area (Å²) in [6.07, 6.45) is 2.03. The molecule has 1 atom stereocenters. The minimum Gasteiger partial charge on any atom is -0.444 e. The number of carbonyl (C=O) groups is 2. The highest BCUT2D eigenvalue weighted by Crippen LogP contribution is 2.06. The Morgan fingerprint density at radius 1 is 1.35 bits per heavy atom. The summed E-state index contributed by atoms with van der Waals surface area (Å²) in [5.41, 5.74) is -0.632. The van der Waals surface area contributed by atoms with Gasteiger partial charge in [0.25, 0.3) is 5.91 Å². The number of hydrogen-bond acceptors (Lipinski definition) is 5. The number of aromatic nitrogens is 2. The second-order valence-corrected chi connectivity index (χ2v) is 5.86. The molecule has 1 aromatic rings. The van der Waals surface area contributed by atoms with E-state index in [4.69, 9.17) is 4.74 Å². The molecule has 0 aliphatic rings. The highest BCUT2D eigenvalue weighted by atomic mass is 16.6. The smallest absolute Gasteiger partial charge is 0.407 e. The minimum absolute atomic E-state index is 0.241. The van der Waals surface area contributed by atoms with Crippen LogP contribution < -0.4 is 10.6 Å². The van der Waals surface area contributed by atoms with Gasteiger partial charge < -0.3 is 20.5 Å². The van der Waals surface area contributed by atoms with E-state index in [-0.39, 0.29) is 6.54 Å². The molecule has 0 saturated carbocycles. The van der Waals surface area contributed by atoms with E-state index in [2.05, 4.69) is 34.7 Å². The number of rotatable bonds is 5. The van der Waals surface area contributed by atoms with Crippen LogP contribution in [0.2, 0.25) is 0 Å². The summed E-state index contributed by atoms with van der Waals surface area (Å²) in [6.45, 7) is 9.27. The van der Waals surface area contributed by atoms with Gasteiger partial charge >= 0.3 is 6.09 Å². The van der Waals surface area contributed by atoms with Crippen LogP contribution in [0.15, 0.2) is 12.3 Å². The van der Waals surface area contributed by atoms with E-state index >= 15 is 0 Å². The van der Waals surface area contributed by atoms with E-state index in [1.807, 2.05) is 0 Å². The van der Waals surface area contributed by atoms with Crippen molar-refractivity contribution in [2.24, 2.45) is 0 Å². The molecule has 0 saturated heterocycles. The predicted octanol–water partition coefficient (Wildman–Crippen LogP) is 2.04. The van der Waals surface area contributed by atoms with Crippen molar-refractivity contribution in [3.8, 4) is 0 Å². The second kappa shape index (κ2) is 10.6. The fourth-order valence-corrected chi connectivity index (χ4v) is 1.13. The van der Waals surface area contributed by atoms with Crippen LogP contribution in [-0.2, 0) is 9.53 Å². The van der Waals surface area contributed by atoms with Crippen molar-refractivity contribution in [1.29, 1.82) is 0 Å². The monoisotopic (exact) mass is 328 g/mol. The first-order chi connectivity index (χ1) is 10.7. The lowest BCUT2D eigenvalue weighted by molar-refractivity contribution is -0.123. The van der Waals surface area contributed by atoms with Gasteiger partial charge in [0.15, 0.2) is 6.10 Å². The molecule has 2 amide bonds. The molecule has 23 heavy (non-hydrogen) atoms.